The average molecular weight is 279 g/mol. The fraction of sp³-hybridized carbons (Fsp3) is 0.556. The molecule has 106 valence electrons. The summed E-state index contributed by atoms with van der Waals surface area (Å²) >= 11 is 5.88. The number of hydrogen-bond acceptors (Lipinski definition) is 0. The molecule has 1 aromatic rings. The largest absolute Gasteiger partial charge is 0.0929 e. The van der Waals surface area contributed by atoms with Crippen molar-refractivity contribution in [3.05, 3.63) is 38.9 Å². The topological polar surface area (TPSA) is 0 Å². The zero-order chi connectivity index (χ0) is 14.4. The molecule has 1 aromatic carbocycles. The van der Waals surface area contributed by atoms with E-state index in [1.165, 1.54) is 16.7 Å². The van der Waals surface area contributed by atoms with Crippen molar-refractivity contribution in [2.45, 2.75) is 66.7 Å². The van der Waals surface area contributed by atoms with Crippen LogP contribution in [0.1, 0.15) is 68.0 Å². The number of hydrogen-bond donors (Lipinski definition) is 0. The summed E-state index contributed by atoms with van der Waals surface area (Å²) in [5.41, 5.74) is 10.8. The Bertz CT molecular complexity index is 422. The molecule has 0 N–H and O–H groups in total. The van der Waals surface area contributed by atoms with E-state index in [4.69, 9.17) is 11.6 Å². The van der Waals surface area contributed by atoms with Crippen LogP contribution in [0, 0.1) is 0 Å². The summed E-state index contributed by atoms with van der Waals surface area (Å²) in [6.07, 6.45) is 7.64. The lowest BCUT2D eigenvalue weighted by Gasteiger charge is -2.23. The maximum absolute atomic E-state index is 5.88. The van der Waals surface area contributed by atoms with Gasteiger partial charge in [0, 0.05) is 5.54 Å². The first-order valence-corrected chi connectivity index (χ1v) is 8.08. The van der Waals surface area contributed by atoms with Crippen molar-refractivity contribution >= 4 is 17.7 Å². The molecule has 0 aliphatic rings. The molecule has 0 fully saturated rings. The summed E-state index contributed by atoms with van der Waals surface area (Å²) < 4.78 is 0. The summed E-state index contributed by atoms with van der Waals surface area (Å²) in [6, 6.07) is 0. The standard InChI is InChI=1S/C18H27Cl/c1-6-13-14(7-2)16(9-4)18(11-12-19)17(10-5)15(13)8-3/h11-12H,6-10H2,1-5H3. The van der Waals surface area contributed by atoms with Gasteiger partial charge in [0.05, 0.1) is 0 Å². The molecular formula is C18H27Cl. The summed E-state index contributed by atoms with van der Waals surface area (Å²) in [4.78, 5) is 0. The molecule has 0 aliphatic heterocycles. The Kier molecular flexibility index (Phi) is 6.65. The van der Waals surface area contributed by atoms with Crippen molar-refractivity contribution in [3.8, 4) is 0 Å². The molecule has 0 aromatic heterocycles. The Morgan fingerprint density at radius 2 is 0.947 bits per heavy atom. The van der Waals surface area contributed by atoms with Gasteiger partial charge in [0.15, 0.2) is 0 Å². The van der Waals surface area contributed by atoms with Gasteiger partial charge in [0.25, 0.3) is 0 Å². The first-order valence-electron chi connectivity index (χ1n) is 7.64. The van der Waals surface area contributed by atoms with Crippen LogP contribution in [0.5, 0.6) is 0 Å². The van der Waals surface area contributed by atoms with E-state index in [0.29, 0.717) is 0 Å². The Morgan fingerprint density at radius 3 is 1.21 bits per heavy atom. The molecule has 0 radical (unpaired) electrons. The molecule has 0 saturated heterocycles. The fourth-order valence-electron chi connectivity index (χ4n) is 3.41. The molecule has 0 unspecified atom stereocenters. The molecule has 1 rings (SSSR count). The Labute approximate surface area is 123 Å². The van der Waals surface area contributed by atoms with Gasteiger partial charge in [-0.25, -0.2) is 0 Å². The van der Waals surface area contributed by atoms with E-state index >= 15 is 0 Å². The van der Waals surface area contributed by atoms with Crippen LogP contribution in [-0.2, 0) is 32.1 Å². The third-order valence-corrected chi connectivity index (χ3v) is 4.23. The van der Waals surface area contributed by atoms with E-state index in [1.54, 1.807) is 22.2 Å². The zero-order valence-corrected chi connectivity index (χ0v) is 13.8. The number of benzene rings is 1. The van der Waals surface area contributed by atoms with Gasteiger partial charge in [-0.15, -0.1) is 0 Å². The molecule has 0 bridgehead atoms. The molecule has 1 heteroatoms. The summed E-state index contributed by atoms with van der Waals surface area (Å²) in [7, 11) is 0. The minimum Gasteiger partial charge on any atom is -0.0929 e. The third-order valence-electron chi connectivity index (χ3n) is 4.10. The minimum atomic E-state index is 1.09. The predicted molar refractivity (Wildman–Crippen MR) is 88.2 cm³/mol. The highest BCUT2D eigenvalue weighted by molar-refractivity contribution is 6.27. The first-order chi connectivity index (χ1) is 9.19. The van der Waals surface area contributed by atoms with Crippen LogP contribution < -0.4 is 0 Å². The van der Waals surface area contributed by atoms with E-state index in [0.717, 1.165) is 32.1 Å². The SMILES string of the molecule is CCc1c(C=CCl)c(CC)c(CC)c(CC)c1CC. The lowest BCUT2D eigenvalue weighted by molar-refractivity contribution is 0.910. The van der Waals surface area contributed by atoms with Gasteiger partial charge < -0.3 is 0 Å². The average Bonchev–Trinajstić information content (AvgIpc) is 2.45. The van der Waals surface area contributed by atoms with Crippen LogP contribution in [0.15, 0.2) is 5.54 Å². The van der Waals surface area contributed by atoms with Crippen molar-refractivity contribution < 1.29 is 0 Å². The highest BCUT2D eigenvalue weighted by atomic mass is 35.5. The maximum Gasteiger partial charge on any atom is 0.00486 e. The van der Waals surface area contributed by atoms with E-state index in [-0.39, 0.29) is 0 Å². The molecule has 0 aliphatic carbocycles. The molecular weight excluding hydrogens is 252 g/mol. The predicted octanol–water partition coefficient (Wildman–Crippen LogP) is 5.71. The Balaban J connectivity index is 3.79. The molecule has 0 spiro atoms. The van der Waals surface area contributed by atoms with E-state index in [1.807, 2.05) is 0 Å². The summed E-state index contributed by atoms with van der Waals surface area (Å²) in [5.74, 6) is 0. The smallest absolute Gasteiger partial charge is 0.00486 e. The van der Waals surface area contributed by atoms with Gasteiger partial charge in [-0.3, -0.25) is 0 Å². The normalized spacial score (nSPS) is 11.5. The van der Waals surface area contributed by atoms with Gasteiger partial charge in [-0.2, -0.15) is 0 Å². The highest BCUT2D eigenvalue weighted by Gasteiger charge is 2.17. The van der Waals surface area contributed by atoms with Crippen molar-refractivity contribution in [2.75, 3.05) is 0 Å². The molecule has 0 saturated carbocycles. The fourth-order valence-corrected chi connectivity index (χ4v) is 3.53. The Morgan fingerprint density at radius 1 is 0.632 bits per heavy atom. The van der Waals surface area contributed by atoms with Gasteiger partial charge in [0.1, 0.15) is 0 Å². The zero-order valence-electron chi connectivity index (χ0n) is 13.1. The van der Waals surface area contributed by atoms with Crippen LogP contribution in [0.25, 0.3) is 6.08 Å². The molecule has 19 heavy (non-hydrogen) atoms. The third kappa shape index (κ3) is 3.05. The Hall–Kier alpha value is -0.750. The van der Waals surface area contributed by atoms with Gasteiger partial charge in [-0.1, -0.05) is 46.2 Å². The highest BCUT2D eigenvalue weighted by Crippen LogP contribution is 2.32. The summed E-state index contributed by atoms with van der Waals surface area (Å²) in [5, 5.41) is 0. The van der Waals surface area contributed by atoms with Gasteiger partial charge >= 0.3 is 0 Å². The van der Waals surface area contributed by atoms with Crippen molar-refractivity contribution in [1.29, 1.82) is 0 Å². The van der Waals surface area contributed by atoms with Crippen LogP contribution in [0.2, 0.25) is 0 Å². The first kappa shape index (κ1) is 16.3. The molecule has 0 atom stereocenters. The minimum absolute atomic E-state index is 1.09. The monoisotopic (exact) mass is 278 g/mol. The van der Waals surface area contributed by atoms with Gasteiger partial charge in [-0.05, 0) is 71.6 Å². The molecule has 0 amide bonds. The second kappa shape index (κ2) is 7.75. The second-order valence-corrected chi connectivity index (χ2v) is 5.12. The van der Waals surface area contributed by atoms with Crippen LogP contribution >= 0.6 is 11.6 Å². The maximum atomic E-state index is 5.88. The number of rotatable bonds is 6. The van der Waals surface area contributed by atoms with Crippen molar-refractivity contribution in [3.63, 3.8) is 0 Å². The quantitative estimate of drug-likeness (QED) is 0.625. The van der Waals surface area contributed by atoms with E-state index < -0.39 is 0 Å². The van der Waals surface area contributed by atoms with E-state index in [2.05, 4.69) is 40.7 Å². The number of halogens is 1. The van der Waals surface area contributed by atoms with Crippen LogP contribution in [0.3, 0.4) is 0 Å². The molecule has 0 nitrogen and oxygen atoms in total. The lowest BCUT2D eigenvalue weighted by Crippen LogP contribution is -2.10. The lowest BCUT2D eigenvalue weighted by atomic mass is 9.82. The second-order valence-electron chi connectivity index (χ2n) is 4.87. The van der Waals surface area contributed by atoms with Crippen LogP contribution in [0.4, 0.5) is 0 Å². The van der Waals surface area contributed by atoms with Crippen molar-refractivity contribution in [1.82, 2.24) is 0 Å². The van der Waals surface area contributed by atoms with Crippen LogP contribution in [-0.4, -0.2) is 0 Å². The van der Waals surface area contributed by atoms with Crippen molar-refractivity contribution in [2.24, 2.45) is 0 Å². The molecule has 0 heterocycles. The van der Waals surface area contributed by atoms with E-state index in [9.17, 15) is 0 Å². The van der Waals surface area contributed by atoms with Gasteiger partial charge in [0.2, 0.25) is 0 Å². The summed E-state index contributed by atoms with van der Waals surface area (Å²) in [6.45, 7) is 11.3.